The van der Waals surface area contributed by atoms with Crippen molar-refractivity contribution in [1.29, 1.82) is 0 Å². The van der Waals surface area contributed by atoms with E-state index in [0.717, 1.165) is 4.88 Å². The van der Waals surface area contributed by atoms with Crippen molar-refractivity contribution in [3.05, 3.63) is 80.5 Å². The smallest absolute Gasteiger partial charge is 0.295 e. The second-order valence-electron chi connectivity index (χ2n) is 7.66. The Morgan fingerprint density at radius 1 is 1.11 bits per heavy atom. The monoisotopic (exact) mass is 513 g/mol. The average molecular weight is 514 g/mol. The Labute approximate surface area is 212 Å². The predicted molar refractivity (Wildman–Crippen MR) is 134 cm³/mol. The predicted octanol–water partition coefficient (Wildman–Crippen LogP) is 5.44. The molecule has 7 nitrogen and oxygen atoms in total. The van der Waals surface area contributed by atoms with Gasteiger partial charge in [-0.15, -0.1) is 11.3 Å². The molecule has 4 rings (SSSR count). The maximum absolute atomic E-state index is 13.4. The molecule has 2 aromatic carbocycles. The molecular weight excluding hydrogens is 490 g/mol. The number of carbonyl (C=O) groups excluding carboxylic acids is 2. The van der Waals surface area contributed by atoms with E-state index in [1.807, 2.05) is 24.4 Å². The average Bonchev–Trinajstić information content (AvgIpc) is 3.46. The van der Waals surface area contributed by atoms with Crippen molar-refractivity contribution < 1.29 is 28.9 Å². The quantitative estimate of drug-likeness (QED) is 0.245. The third-order valence-electron chi connectivity index (χ3n) is 5.68. The summed E-state index contributed by atoms with van der Waals surface area (Å²) in [5.41, 5.74) is 0.605. The molecule has 1 atom stereocenters. The number of hydrogen-bond acceptors (Lipinski definition) is 7. The normalized spacial score (nSPS) is 17.0. The van der Waals surface area contributed by atoms with Crippen LogP contribution < -0.4 is 14.2 Å². The van der Waals surface area contributed by atoms with Gasteiger partial charge in [-0.2, -0.15) is 0 Å². The lowest BCUT2D eigenvalue weighted by molar-refractivity contribution is -0.140. The Kier molecular flexibility index (Phi) is 7.33. The minimum atomic E-state index is -0.936. The highest BCUT2D eigenvalue weighted by Gasteiger charge is 2.47. The number of aliphatic hydroxyl groups is 1. The number of thiophene rings is 1. The summed E-state index contributed by atoms with van der Waals surface area (Å²) in [5, 5.41) is 13.5. The van der Waals surface area contributed by atoms with Gasteiger partial charge in [-0.1, -0.05) is 29.8 Å². The van der Waals surface area contributed by atoms with Gasteiger partial charge in [-0.3, -0.25) is 9.59 Å². The van der Waals surface area contributed by atoms with E-state index >= 15 is 0 Å². The number of nitrogens with zero attached hydrogens (tertiary/aromatic N) is 1. The van der Waals surface area contributed by atoms with Crippen LogP contribution in [0.1, 0.15) is 29.0 Å². The maximum Gasteiger partial charge on any atom is 0.295 e. The fourth-order valence-corrected chi connectivity index (χ4v) is 5.06. The molecule has 0 bridgehead atoms. The molecule has 1 aromatic heterocycles. The van der Waals surface area contributed by atoms with Crippen molar-refractivity contribution >= 4 is 40.4 Å². The van der Waals surface area contributed by atoms with Gasteiger partial charge < -0.3 is 24.2 Å². The lowest BCUT2D eigenvalue weighted by Gasteiger charge is -2.27. The van der Waals surface area contributed by atoms with Crippen LogP contribution >= 0.6 is 22.9 Å². The molecule has 0 saturated carbocycles. The largest absolute Gasteiger partial charge is 0.507 e. The zero-order chi connectivity index (χ0) is 25.1. The Balaban J connectivity index is 1.96. The van der Waals surface area contributed by atoms with Crippen molar-refractivity contribution in [3.63, 3.8) is 0 Å². The number of benzene rings is 2. The number of Topliss-reactive ketones (excluding diaryl/α,β-unsaturated/α-hetero) is 1. The second-order valence-corrected chi connectivity index (χ2v) is 9.10. The minimum absolute atomic E-state index is 0.0892. The summed E-state index contributed by atoms with van der Waals surface area (Å²) in [5.74, 6) is -0.667. The fraction of sp³-hybridized carbons (Fsp3) is 0.231. The number of para-hydroxylation sites is 1. The molecule has 1 aliphatic rings. The summed E-state index contributed by atoms with van der Waals surface area (Å²) in [6.45, 7) is 2.42. The Morgan fingerprint density at radius 3 is 2.57 bits per heavy atom. The number of halogens is 1. The van der Waals surface area contributed by atoms with Crippen molar-refractivity contribution in [2.75, 3.05) is 20.8 Å². The molecule has 1 saturated heterocycles. The third kappa shape index (κ3) is 4.59. The molecule has 3 aromatic rings. The second kappa shape index (κ2) is 10.4. The molecule has 1 unspecified atom stereocenters. The van der Waals surface area contributed by atoms with Gasteiger partial charge in [0.1, 0.15) is 11.5 Å². The molecule has 1 aliphatic heterocycles. The van der Waals surface area contributed by atoms with Gasteiger partial charge in [0.2, 0.25) is 0 Å². The summed E-state index contributed by atoms with van der Waals surface area (Å²) in [6, 6.07) is 12.8. The lowest BCUT2D eigenvalue weighted by atomic mass is 9.94. The van der Waals surface area contributed by atoms with E-state index in [-0.39, 0.29) is 22.7 Å². The number of hydrogen-bond donors (Lipinski definition) is 1. The van der Waals surface area contributed by atoms with Gasteiger partial charge >= 0.3 is 0 Å². The molecule has 0 radical (unpaired) electrons. The summed E-state index contributed by atoms with van der Waals surface area (Å²) in [6.07, 6.45) is 0. The van der Waals surface area contributed by atoms with E-state index in [1.54, 1.807) is 36.4 Å². The zero-order valence-electron chi connectivity index (χ0n) is 19.4. The number of methoxy groups -OCH3 is 2. The number of ether oxygens (including phenoxy) is 3. The maximum atomic E-state index is 13.4. The molecule has 35 heavy (non-hydrogen) atoms. The molecule has 1 N–H and O–H groups in total. The summed E-state index contributed by atoms with van der Waals surface area (Å²) in [4.78, 5) is 29.0. The van der Waals surface area contributed by atoms with E-state index in [2.05, 4.69) is 0 Å². The molecule has 1 amide bonds. The van der Waals surface area contributed by atoms with Crippen LogP contribution in [-0.4, -0.2) is 42.5 Å². The van der Waals surface area contributed by atoms with Crippen molar-refractivity contribution in [2.45, 2.75) is 19.5 Å². The first kappa shape index (κ1) is 24.6. The lowest BCUT2D eigenvalue weighted by Crippen LogP contribution is -2.29. The summed E-state index contributed by atoms with van der Waals surface area (Å²) < 4.78 is 16.6. The first-order chi connectivity index (χ1) is 16.9. The van der Waals surface area contributed by atoms with Gasteiger partial charge in [-0.25, -0.2) is 0 Å². The standard InChI is InChI=1S/C26H24ClNO6S/c1-4-34-15-10-11-19(27)18(13-15)23(29)21-22(17-8-5-9-20(32-2)25(17)33-3)28(26(31)24(21)30)14-16-7-6-12-35-16/h5-13,22,29H,4,14H2,1-3H3/b23-21+. The first-order valence-electron chi connectivity index (χ1n) is 10.9. The highest BCUT2D eigenvalue weighted by Crippen LogP contribution is 2.46. The van der Waals surface area contributed by atoms with E-state index in [0.29, 0.717) is 29.4 Å². The van der Waals surface area contributed by atoms with Crippen LogP contribution in [0.3, 0.4) is 0 Å². The zero-order valence-corrected chi connectivity index (χ0v) is 21.0. The van der Waals surface area contributed by atoms with E-state index in [1.165, 1.54) is 30.5 Å². The van der Waals surface area contributed by atoms with E-state index < -0.39 is 23.5 Å². The molecule has 1 fully saturated rings. The van der Waals surface area contributed by atoms with Crippen molar-refractivity contribution in [1.82, 2.24) is 4.90 Å². The van der Waals surface area contributed by atoms with Crippen LogP contribution in [0.15, 0.2) is 59.5 Å². The third-order valence-corrected chi connectivity index (χ3v) is 6.87. The molecule has 182 valence electrons. The van der Waals surface area contributed by atoms with Crippen LogP contribution in [0, 0.1) is 0 Å². The molecule has 9 heteroatoms. The van der Waals surface area contributed by atoms with Crippen LogP contribution in [0.5, 0.6) is 17.2 Å². The van der Waals surface area contributed by atoms with Crippen LogP contribution in [0.4, 0.5) is 0 Å². The number of carbonyl (C=O) groups is 2. The van der Waals surface area contributed by atoms with Crippen LogP contribution in [0.2, 0.25) is 5.02 Å². The number of ketones is 1. The topological polar surface area (TPSA) is 85.3 Å². The Hall–Kier alpha value is -3.49. The molecule has 0 aliphatic carbocycles. The number of rotatable bonds is 8. The summed E-state index contributed by atoms with van der Waals surface area (Å²) in [7, 11) is 2.98. The molecule has 2 heterocycles. The van der Waals surface area contributed by atoms with Gasteiger partial charge in [-0.05, 0) is 42.6 Å². The summed E-state index contributed by atoms with van der Waals surface area (Å²) >= 11 is 7.87. The molecular formula is C26H24ClNO6S. The Bertz CT molecular complexity index is 1290. The first-order valence-corrected chi connectivity index (χ1v) is 12.1. The van der Waals surface area contributed by atoms with Gasteiger partial charge in [0.25, 0.3) is 11.7 Å². The minimum Gasteiger partial charge on any atom is -0.507 e. The molecule has 0 spiro atoms. The highest BCUT2D eigenvalue weighted by atomic mass is 35.5. The highest BCUT2D eigenvalue weighted by molar-refractivity contribution is 7.09. The van der Waals surface area contributed by atoms with Crippen molar-refractivity contribution in [3.8, 4) is 17.2 Å². The number of amides is 1. The van der Waals surface area contributed by atoms with E-state index in [4.69, 9.17) is 25.8 Å². The van der Waals surface area contributed by atoms with Gasteiger partial charge in [0.05, 0.1) is 44.0 Å². The fourth-order valence-electron chi connectivity index (χ4n) is 4.15. The SMILES string of the molecule is CCOc1ccc(Cl)c(/C(O)=C2\C(=O)C(=O)N(Cc3cccs3)C2c2cccc(OC)c2OC)c1. The van der Waals surface area contributed by atoms with Crippen LogP contribution in [0.25, 0.3) is 5.76 Å². The number of likely N-dealkylation sites (tertiary alicyclic amines) is 1. The van der Waals surface area contributed by atoms with Crippen LogP contribution in [-0.2, 0) is 16.1 Å². The van der Waals surface area contributed by atoms with Gasteiger partial charge in [0, 0.05) is 16.0 Å². The number of aliphatic hydroxyl groups excluding tert-OH is 1. The van der Waals surface area contributed by atoms with Gasteiger partial charge in [0.15, 0.2) is 11.5 Å². The van der Waals surface area contributed by atoms with E-state index in [9.17, 15) is 14.7 Å². The Morgan fingerprint density at radius 2 is 1.91 bits per heavy atom. The van der Waals surface area contributed by atoms with Crippen molar-refractivity contribution in [2.24, 2.45) is 0 Å².